The Kier molecular flexibility index (Phi) is 7.96. The largest absolute Gasteiger partial charge is 0.631 e. The quantitative estimate of drug-likeness (QED) is 0.242. The molecule has 0 amide bonds. The first-order chi connectivity index (χ1) is 3.46. The summed E-state index contributed by atoms with van der Waals surface area (Å²) in [5, 5.41) is 35.4. The van der Waals surface area contributed by atoms with E-state index in [4.69, 9.17) is 30.1 Å². The van der Waals surface area contributed by atoms with Gasteiger partial charge in [-0.3, -0.25) is 0 Å². The summed E-state index contributed by atoms with van der Waals surface area (Å²) in [5.41, 5.74) is 0. The van der Waals surface area contributed by atoms with Gasteiger partial charge in [-0.15, -0.1) is 0 Å². The summed E-state index contributed by atoms with van der Waals surface area (Å²) >= 11 is 0. The molecule has 0 aliphatic carbocycles. The fourth-order valence-corrected chi connectivity index (χ4v) is 0. The molecule has 0 fully saturated rings. The van der Waals surface area contributed by atoms with Crippen LogP contribution in [0.1, 0.15) is 0 Å². The lowest BCUT2D eigenvalue weighted by Crippen LogP contribution is -2.07. The van der Waals surface area contributed by atoms with Gasteiger partial charge in [0.2, 0.25) is 0 Å². The third-order valence-electron chi connectivity index (χ3n) is 0. The molecule has 8 heavy (non-hydrogen) atoms. The van der Waals surface area contributed by atoms with Crippen LogP contribution in [0.25, 0.3) is 0 Å². The van der Waals surface area contributed by atoms with E-state index in [-0.39, 0.29) is 0 Å². The highest BCUT2D eigenvalue weighted by Gasteiger charge is 1.92. The summed E-state index contributed by atoms with van der Waals surface area (Å²) in [4.78, 5) is 8.56. The number of carboxylic acid groups (broad SMARTS) is 2. The second-order valence-corrected chi connectivity index (χ2v) is 0.629. The van der Waals surface area contributed by atoms with Crippen molar-refractivity contribution in [1.29, 1.82) is 0 Å². The van der Waals surface area contributed by atoms with E-state index in [1.165, 1.54) is 0 Å². The monoisotopic (exact) mass is 124 g/mol. The van der Waals surface area contributed by atoms with Crippen LogP contribution in [0.3, 0.4) is 0 Å². The van der Waals surface area contributed by atoms with Crippen molar-refractivity contribution in [3.63, 3.8) is 0 Å². The molecule has 0 aliphatic heterocycles. The van der Waals surface area contributed by atoms with Crippen molar-refractivity contribution in [1.82, 2.24) is 0 Å². The summed E-state index contributed by atoms with van der Waals surface area (Å²) in [6.07, 6.45) is -1.83. The summed E-state index contributed by atoms with van der Waals surface area (Å²) in [5.74, 6) is 0. The molecule has 0 aromatic rings. The summed E-state index contributed by atoms with van der Waals surface area (Å²) in [6, 6.07) is 0. The van der Waals surface area contributed by atoms with Crippen LogP contribution in [-0.2, 0) is 0 Å². The van der Waals surface area contributed by atoms with E-state index in [0.29, 0.717) is 0 Å². The van der Waals surface area contributed by atoms with Crippen LogP contribution in [-0.4, -0.2) is 38.8 Å². The predicted octanol–water partition coefficient (Wildman–Crippen LogP) is -1.83. The molecule has 0 aliphatic rings. The van der Waals surface area contributed by atoms with Crippen molar-refractivity contribution in [2.75, 3.05) is 0 Å². The zero-order valence-electron chi connectivity index (χ0n) is 3.72. The second-order valence-electron chi connectivity index (χ2n) is 0.629. The van der Waals surface area contributed by atoms with Gasteiger partial charge in [0.15, 0.2) is 0 Å². The highest BCUT2D eigenvalue weighted by atomic mass is 16.6. The standard InChI is InChI=1S/CH2O3.BH3O3/c2*2-1(3)4/h(H2,2,3,4);2-4H. The van der Waals surface area contributed by atoms with Gasteiger partial charge in [-0.2, -0.15) is 0 Å². The molecule has 0 bridgehead atoms. The second kappa shape index (κ2) is 6.21. The fraction of sp³-hybridized carbons (Fsp3) is 0. The average Bonchev–Trinajstić information content (AvgIpc) is 1.25. The third kappa shape index (κ3) is 150. The van der Waals surface area contributed by atoms with E-state index in [2.05, 4.69) is 0 Å². The highest BCUT2D eigenvalue weighted by molar-refractivity contribution is 6.30. The minimum Gasteiger partial charge on any atom is -0.450 e. The van der Waals surface area contributed by atoms with Gasteiger partial charge in [0, 0.05) is 0 Å². The highest BCUT2D eigenvalue weighted by Crippen LogP contribution is 1.42. The topological polar surface area (TPSA) is 118 Å². The Balaban J connectivity index is 0. The van der Waals surface area contributed by atoms with Gasteiger partial charge in [0.1, 0.15) is 0 Å². The van der Waals surface area contributed by atoms with Crippen LogP contribution in [0.15, 0.2) is 0 Å². The van der Waals surface area contributed by atoms with Gasteiger partial charge in [-0.25, -0.2) is 4.79 Å². The number of rotatable bonds is 0. The van der Waals surface area contributed by atoms with E-state index >= 15 is 0 Å². The molecule has 0 aromatic carbocycles. The summed E-state index contributed by atoms with van der Waals surface area (Å²) in [7, 11) is -2.17. The molecule has 6 nitrogen and oxygen atoms in total. The van der Waals surface area contributed by atoms with Crippen LogP contribution in [0, 0.1) is 0 Å². The Labute approximate surface area is 44.8 Å². The van der Waals surface area contributed by atoms with Crippen LogP contribution < -0.4 is 0 Å². The molecule has 0 spiro atoms. The SMILES string of the molecule is O=C(O)O.OB(O)O. The van der Waals surface area contributed by atoms with Gasteiger partial charge in [-0.1, -0.05) is 0 Å². The maximum atomic E-state index is 8.56. The molecule has 5 N–H and O–H groups in total. The lowest BCUT2D eigenvalue weighted by molar-refractivity contribution is 0.137. The van der Waals surface area contributed by atoms with Crippen molar-refractivity contribution >= 4 is 13.5 Å². The van der Waals surface area contributed by atoms with E-state index in [9.17, 15) is 0 Å². The first kappa shape index (κ1) is 10.2. The first-order valence-electron chi connectivity index (χ1n) is 1.43. The van der Waals surface area contributed by atoms with E-state index in [1.54, 1.807) is 0 Å². The Bertz CT molecular complexity index is 52.8. The van der Waals surface area contributed by atoms with Crippen molar-refractivity contribution in [3.05, 3.63) is 0 Å². The van der Waals surface area contributed by atoms with Crippen molar-refractivity contribution < 1.29 is 30.1 Å². The molecule has 0 heterocycles. The minimum absolute atomic E-state index is 1.83. The van der Waals surface area contributed by atoms with Crippen molar-refractivity contribution in [2.45, 2.75) is 0 Å². The predicted molar refractivity (Wildman–Crippen MR) is 23.1 cm³/mol. The Morgan fingerprint density at radius 1 is 1.12 bits per heavy atom. The molecule has 48 valence electrons. The van der Waals surface area contributed by atoms with Crippen LogP contribution in [0.5, 0.6) is 0 Å². The first-order valence-corrected chi connectivity index (χ1v) is 1.43. The molecule has 0 rings (SSSR count). The lowest BCUT2D eigenvalue weighted by Gasteiger charge is -1.69. The fourth-order valence-electron chi connectivity index (χ4n) is 0. The minimum atomic E-state index is -2.17. The van der Waals surface area contributed by atoms with Gasteiger partial charge < -0.3 is 25.3 Å². The number of carbonyl (C=O) groups is 1. The zero-order chi connectivity index (χ0) is 7.15. The zero-order valence-corrected chi connectivity index (χ0v) is 3.72. The third-order valence-corrected chi connectivity index (χ3v) is 0. The molecule has 0 atom stereocenters. The van der Waals surface area contributed by atoms with Crippen molar-refractivity contribution in [3.8, 4) is 0 Å². The number of hydrogen-bond acceptors (Lipinski definition) is 4. The molecule has 0 unspecified atom stereocenters. The van der Waals surface area contributed by atoms with E-state index in [1.807, 2.05) is 0 Å². The smallest absolute Gasteiger partial charge is 0.450 e. The Hall–Kier alpha value is -0.785. The molecule has 0 saturated carbocycles. The van der Waals surface area contributed by atoms with E-state index < -0.39 is 13.5 Å². The van der Waals surface area contributed by atoms with Gasteiger partial charge in [0.05, 0.1) is 0 Å². The van der Waals surface area contributed by atoms with Crippen LogP contribution in [0.2, 0.25) is 0 Å². The van der Waals surface area contributed by atoms with Gasteiger partial charge in [-0.05, 0) is 0 Å². The molecule has 0 radical (unpaired) electrons. The normalized spacial score (nSPS) is 6.38. The van der Waals surface area contributed by atoms with Gasteiger partial charge >= 0.3 is 13.5 Å². The number of hydrogen-bond donors (Lipinski definition) is 5. The molecule has 7 heteroatoms. The molecule has 0 saturated heterocycles. The van der Waals surface area contributed by atoms with Crippen molar-refractivity contribution in [2.24, 2.45) is 0 Å². The average molecular weight is 124 g/mol. The summed E-state index contributed by atoms with van der Waals surface area (Å²) in [6.45, 7) is 0. The van der Waals surface area contributed by atoms with Crippen LogP contribution in [0.4, 0.5) is 4.79 Å². The maximum Gasteiger partial charge on any atom is 0.631 e. The van der Waals surface area contributed by atoms with E-state index in [0.717, 1.165) is 0 Å². The Morgan fingerprint density at radius 2 is 1.12 bits per heavy atom. The molecular weight excluding hydrogens is 119 g/mol. The molecule has 0 aromatic heterocycles. The molecular formula is CH5BO6. The van der Waals surface area contributed by atoms with Gasteiger partial charge in [0.25, 0.3) is 0 Å². The van der Waals surface area contributed by atoms with Crippen LogP contribution >= 0.6 is 0 Å². The maximum absolute atomic E-state index is 8.56. The Morgan fingerprint density at radius 3 is 1.12 bits per heavy atom. The lowest BCUT2D eigenvalue weighted by atomic mass is 10.3. The summed E-state index contributed by atoms with van der Waals surface area (Å²) < 4.78 is 0.